The fraction of sp³-hybridized carbons (Fsp3) is 0.154. The Balaban J connectivity index is 2.37. The van der Waals surface area contributed by atoms with E-state index in [1.54, 1.807) is 19.1 Å². The van der Waals surface area contributed by atoms with Gasteiger partial charge in [-0.2, -0.15) is 0 Å². The lowest BCUT2D eigenvalue weighted by molar-refractivity contribution is 0.414. The molecule has 94 valence electrons. The maximum Gasteiger partial charge on any atom is 0.256 e. The Morgan fingerprint density at radius 2 is 1.83 bits per heavy atom. The summed E-state index contributed by atoms with van der Waals surface area (Å²) < 4.78 is 31.4. The number of pyridine rings is 1. The number of nitrogen functional groups attached to an aromatic ring is 1. The van der Waals surface area contributed by atoms with Crippen molar-refractivity contribution < 1.29 is 13.5 Å². The van der Waals surface area contributed by atoms with Crippen molar-refractivity contribution in [1.29, 1.82) is 0 Å². The number of rotatable bonds is 2. The van der Waals surface area contributed by atoms with E-state index < -0.39 is 11.6 Å². The summed E-state index contributed by atoms with van der Waals surface area (Å²) in [5, 5.41) is 0. The molecule has 0 aliphatic heterocycles. The van der Waals surface area contributed by atoms with Crippen LogP contribution in [0.3, 0.4) is 0 Å². The second-order valence-electron chi connectivity index (χ2n) is 4.02. The summed E-state index contributed by atoms with van der Waals surface area (Å²) in [5.41, 5.74) is 7.94. The number of halogens is 2. The Kier molecular flexibility index (Phi) is 3.14. The molecule has 0 atom stereocenters. The van der Waals surface area contributed by atoms with Crippen molar-refractivity contribution in [2.75, 3.05) is 5.73 Å². The van der Waals surface area contributed by atoms with E-state index in [0.717, 1.165) is 23.4 Å². The molecule has 5 heteroatoms. The zero-order valence-electron chi connectivity index (χ0n) is 10.00. The molecule has 2 N–H and O–H groups in total. The molecule has 1 aromatic carbocycles. The molecule has 0 radical (unpaired) electrons. The molecule has 2 rings (SSSR count). The first-order valence-corrected chi connectivity index (χ1v) is 5.33. The van der Waals surface area contributed by atoms with Crippen molar-refractivity contribution >= 4 is 5.69 Å². The SMILES string of the molecule is Cc1cc(Oc2ncc(F)cc2F)c(C)cc1N. The maximum atomic E-state index is 13.4. The Hall–Kier alpha value is -2.17. The third-order valence-corrected chi connectivity index (χ3v) is 2.54. The van der Waals surface area contributed by atoms with Gasteiger partial charge in [-0.05, 0) is 37.1 Å². The molecule has 1 heterocycles. The van der Waals surface area contributed by atoms with Gasteiger partial charge in [-0.1, -0.05) is 0 Å². The van der Waals surface area contributed by atoms with Gasteiger partial charge >= 0.3 is 0 Å². The molecule has 0 unspecified atom stereocenters. The molecule has 0 fully saturated rings. The Morgan fingerprint density at radius 1 is 1.11 bits per heavy atom. The van der Waals surface area contributed by atoms with Crippen LogP contribution in [0.5, 0.6) is 11.6 Å². The fourth-order valence-corrected chi connectivity index (χ4v) is 1.50. The molecular weight excluding hydrogens is 238 g/mol. The molecule has 0 bridgehead atoms. The van der Waals surface area contributed by atoms with Crippen LogP contribution < -0.4 is 10.5 Å². The number of hydrogen-bond donors (Lipinski definition) is 1. The van der Waals surface area contributed by atoms with Gasteiger partial charge in [0, 0.05) is 11.8 Å². The van der Waals surface area contributed by atoms with Crippen LogP contribution in [0.25, 0.3) is 0 Å². The van der Waals surface area contributed by atoms with E-state index in [1.807, 2.05) is 6.92 Å². The van der Waals surface area contributed by atoms with Gasteiger partial charge in [-0.15, -0.1) is 0 Å². The van der Waals surface area contributed by atoms with Crippen LogP contribution in [0.2, 0.25) is 0 Å². The summed E-state index contributed by atoms with van der Waals surface area (Å²) in [4.78, 5) is 3.56. The largest absolute Gasteiger partial charge is 0.436 e. The summed E-state index contributed by atoms with van der Waals surface area (Å²) in [6, 6.07) is 4.14. The standard InChI is InChI=1S/C13H12F2N2O/c1-7-4-12(8(2)3-11(7)16)18-13-10(15)5-9(14)6-17-13/h3-6H,16H2,1-2H3. The Morgan fingerprint density at radius 3 is 2.50 bits per heavy atom. The third-order valence-electron chi connectivity index (χ3n) is 2.54. The summed E-state index contributed by atoms with van der Waals surface area (Å²) in [6.07, 6.45) is 0.901. The van der Waals surface area contributed by atoms with Crippen LogP contribution in [-0.2, 0) is 0 Å². The van der Waals surface area contributed by atoms with Gasteiger partial charge in [0.15, 0.2) is 5.82 Å². The number of benzene rings is 1. The van der Waals surface area contributed by atoms with E-state index in [1.165, 1.54) is 0 Å². The summed E-state index contributed by atoms with van der Waals surface area (Å²) in [7, 11) is 0. The highest BCUT2D eigenvalue weighted by atomic mass is 19.1. The minimum atomic E-state index is -0.844. The molecule has 2 aromatic rings. The minimum absolute atomic E-state index is 0.260. The maximum absolute atomic E-state index is 13.4. The number of aromatic nitrogens is 1. The van der Waals surface area contributed by atoms with E-state index in [2.05, 4.69) is 4.98 Å². The third kappa shape index (κ3) is 2.40. The van der Waals surface area contributed by atoms with Crippen LogP contribution in [0.4, 0.5) is 14.5 Å². The van der Waals surface area contributed by atoms with Gasteiger partial charge in [0.25, 0.3) is 5.88 Å². The van der Waals surface area contributed by atoms with Gasteiger partial charge in [-0.3, -0.25) is 0 Å². The average molecular weight is 250 g/mol. The molecule has 3 nitrogen and oxygen atoms in total. The summed E-state index contributed by atoms with van der Waals surface area (Å²) in [5.74, 6) is -1.41. The number of hydrogen-bond acceptors (Lipinski definition) is 3. The zero-order chi connectivity index (χ0) is 13.3. The molecule has 0 saturated heterocycles. The van der Waals surface area contributed by atoms with Crippen molar-refractivity contribution in [3.63, 3.8) is 0 Å². The predicted molar refractivity (Wildman–Crippen MR) is 64.6 cm³/mol. The van der Waals surface area contributed by atoms with Crippen LogP contribution in [0, 0.1) is 25.5 Å². The van der Waals surface area contributed by atoms with Crippen molar-refractivity contribution in [3.05, 3.63) is 47.2 Å². The van der Waals surface area contributed by atoms with Crippen molar-refractivity contribution in [2.24, 2.45) is 0 Å². The second kappa shape index (κ2) is 4.60. The monoisotopic (exact) mass is 250 g/mol. The van der Waals surface area contributed by atoms with E-state index in [-0.39, 0.29) is 5.88 Å². The molecular formula is C13H12F2N2O. The van der Waals surface area contributed by atoms with E-state index in [0.29, 0.717) is 11.4 Å². The number of ether oxygens (including phenoxy) is 1. The quantitative estimate of drug-likeness (QED) is 0.831. The molecule has 0 aliphatic rings. The van der Waals surface area contributed by atoms with E-state index in [4.69, 9.17) is 10.5 Å². The zero-order valence-corrected chi connectivity index (χ0v) is 10.00. The highest BCUT2D eigenvalue weighted by molar-refractivity contribution is 5.54. The van der Waals surface area contributed by atoms with Gasteiger partial charge in [0.2, 0.25) is 0 Å². The molecule has 0 spiro atoms. The summed E-state index contributed by atoms with van der Waals surface area (Å²) in [6.45, 7) is 3.60. The van der Waals surface area contributed by atoms with Gasteiger partial charge in [0.05, 0.1) is 6.20 Å². The lowest BCUT2D eigenvalue weighted by atomic mass is 10.1. The number of nitrogens with zero attached hydrogens (tertiary/aromatic N) is 1. The topological polar surface area (TPSA) is 48.1 Å². The van der Waals surface area contributed by atoms with Crippen LogP contribution >= 0.6 is 0 Å². The Bertz CT molecular complexity index is 600. The average Bonchev–Trinajstić information content (AvgIpc) is 2.29. The minimum Gasteiger partial charge on any atom is -0.436 e. The Labute approximate surface area is 103 Å². The van der Waals surface area contributed by atoms with Gasteiger partial charge in [-0.25, -0.2) is 13.8 Å². The first-order valence-electron chi connectivity index (χ1n) is 5.33. The predicted octanol–water partition coefficient (Wildman–Crippen LogP) is 3.35. The molecule has 1 aromatic heterocycles. The number of nitrogens with two attached hydrogens (primary N) is 1. The van der Waals surface area contributed by atoms with E-state index >= 15 is 0 Å². The second-order valence-corrected chi connectivity index (χ2v) is 4.02. The van der Waals surface area contributed by atoms with Gasteiger partial charge in [0.1, 0.15) is 11.6 Å². The lowest BCUT2D eigenvalue weighted by Gasteiger charge is -2.10. The van der Waals surface area contributed by atoms with Crippen LogP contribution in [-0.4, -0.2) is 4.98 Å². The smallest absolute Gasteiger partial charge is 0.256 e. The lowest BCUT2D eigenvalue weighted by Crippen LogP contribution is -1.97. The van der Waals surface area contributed by atoms with Crippen molar-refractivity contribution in [2.45, 2.75) is 13.8 Å². The molecule has 0 aliphatic carbocycles. The highest BCUT2D eigenvalue weighted by Gasteiger charge is 2.10. The fourth-order valence-electron chi connectivity index (χ4n) is 1.50. The van der Waals surface area contributed by atoms with E-state index in [9.17, 15) is 8.78 Å². The van der Waals surface area contributed by atoms with Crippen LogP contribution in [0.15, 0.2) is 24.4 Å². The molecule has 18 heavy (non-hydrogen) atoms. The normalized spacial score (nSPS) is 10.4. The van der Waals surface area contributed by atoms with Crippen LogP contribution in [0.1, 0.15) is 11.1 Å². The molecule has 0 saturated carbocycles. The number of aryl methyl sites for hydroxylation is 2. The van der Waals surface area contributed by atoms with Gasteiger partial charge < -0.3 is 10.5 Å². The van der Waals surface area contributed by atoms with Crippen molar-refractivity contribution in [1.82, 2.24) is 4.98 Å². The first-order chi connectivity index (χ1) is 8.47. The van der Waals surface area contributed by atoms with Crippen molar-refractivity contribution in [3.8, 4) is 11.6 Å². The first kappa shape index (κ1) is 12.3. The highest BCUT2D eigenvalue weighted by Crippen LogP contribution is 2.29. The summed E-state index contributed by atoms with van der Waals surface area (Å²) >= 11 is 0. The number of anilines is 1. The molecule has 0 amide bonds.